The molecule has 2 N–H and O–H groups in total. The summed E-state index contributed by atoms with van der Waals surface area (Å²) in [5.41, 5.74) is 0. The quantitative estimate of drug-likeness (QED) is 0.766. The van der Waals surface area contributed by atoms with Gasteiger partial charge >= 0.3 is 0 Å². The second kappa shape index (κ2) is 7.30. The number of aromatic nitrogens is 2. The van der Waals surface area contributed by atoms with Crippen molar-refractivity contribution in [2.24, 2.45) is 17.8 Å². The first-order valence-corrected chi connectivity index (χ1v) is 8.74. The van der Waals surface area contributed by atoms with E-state index < -0.39 is 17.9 Å². The highest BCUT2D eigenvalue weighted by Crippen LogP contribution is 2.46. The van der Waals surface area contributed by atoms with Crippen molar-refractivity contribution >= 4 is 12.4 Å². The zero-order valence-electron chi connectivity index (χ0n) is 14.2. The second-order valence-electron chi connectivity index (χ2n) is 7.45. The Labute approximate surface area is 149 Å². The van der Waals surface area contributed by atoms with Gasteiger partial charge in [-0.2, -0.15) is 0 Å². The van der Waals surface area contributed by atoms with Gasteiger partial charge in [-0.15, -0.1) is 0 Å². The van der Waals surface area contributed by atoms with Crippen LogP contribution in [0.15, 0.2) is 18.7 Å². The van der Waals surface area contributed by atoms with E-state index in [2.05, 4.69) is 4.98 Å². The number of alkyl halides is 2. The van der Waals surface area contributed by atoms with Crippen LogP contribution in [0.1, 0.15) is 31.7 Å². The summed E-state index contributed by atoms with van der Waals surface area (Å²) in [6.07, 6.45) is 5.64. The molecule has 4 atom stereocenters. The van der Waals surface area contributed by atoms with Gasteiger partial charge in [0.25, 0.3) is 6.47 Å². The van der Waals surface area contributed by atoms with Gasteiger partial charge in [0.05, 0.1) is 18.5 Å². The van der Waals surface area contributed by atoms with Gasteiger partial charge in [0.15, 0.2) is 0 Å². The van der Waals surface area contributed by atoms with Crippen LogP contribution in [0.2, 0.25) is 0 Å². The van der Waals surface area contributed by atoms with Gasteiger partial charge in [0.1, 0.15) is 0 Å². The zero-order valence-corrected chi connectivity index (χ0v) is 14.2. The molecule has 1 aromatic rings. The van der Waals surface area contributed by atoms with E-state index in [0.29, 0.717) is 25.4 Å². The lowest BCUT2D eigenvalue weighted by molar-refractivity contribution is -0.159. The van der Waals surface area contributed by atoms with Crippen LogP contribution in [0.4, 0.5) is 8.78 Å². The maximum Gasteiger partial charge on any atom is 0.290 e. The Balaban J connectivity index is 0.000000613. The van der Waals surface area contributed by atoms with Crippen molar-refractivity contribution in [2.75, 3.05) is 13.1 Å². The largest absolute Gasteiger partial charge is 0.483 e. The monoisotopic (exact) mass is 371 g/mol. The number of hydrogen-bond donors (Lipinski definition) is 2. The summed E-state index contributed by atoms with van der Waals surface area (Å²) in [6, 6.07) is -0.0122. The van der Waals surface area contributed by atoms with Crippen LogP contribution in [-0.2, 0) is 9.59 Å². The summed E-state index contributed by atoms with van der Waals surface area (Å²) >= 11 is 0. The van der Waals surface area contributed by atoms with Gasteiger partial charge in [-0.25, -0.2) is 13.8 Å². The van der Waals surface area contributed by atoms with Crippen molar-refractivity contribution in [3.8, 4) is 0 Å². The van der Waals surface area contributed by atoms with Gasteiger partial charge in [-0.1, -0.05) is 0 Å². The fourth-order valence-electron chi connectivity index (χ4n) is 4.47. The van der Waals surface area contributed by atoms with Crippen LogP contribution >= 0.6 is 0 Å². The van der Waals surface area contributed by atoms with Crippen molar-refractivity contribution in [3.63, 3.8) is 0 Å². The molecule has 1 aliphatic heterocycles. The van der Waals surface area contributed by atoms with Crippen molar-refractivity contribution in [1.82, 2.24) is 14.5 Å². The molecule has 4 rings (SSSR count). The number of fused-ring (bicyclic) bond motifs is 1. The van der Waals surface area contributed by atoms with Crippen molar-refractivity contribution < 1.29 is 28.6 Å². The highest BCUT2D eigenvalue weighted by atomic mass is 19.3. The highest BCUT2D eigenvalue weighted by molar-refractivity contribution is 5.80. The average Bonchev–Trinajstić information content (AvgIpc) is 3.20. The Morgan fingerprint density at radius 1 is 1.23 bits per heavy atom. The molecule has 0 aromatic carbocycles. The lowest BCUT2D eigenvalue weighted by Gasteiger charge is -2.36. The molecule has 3 aliphatic rings. The van der Waals surface area contributed by atoms with Crippen molar-refractivity contribution in [3.05, 3.63) is 18.7 Å². The maximum atomic E-state index is 13.0. The summed E-state index contributed by atoms with van der Waals surface area (Å²) in [6.45, 7) is 0.975. The third kappa shape index (κ3) is 3.72. The van der Waals surface area contributed by atoms with E-state index in [-0.39, 0.29) is 37.2 Å². The van der Waals surface area contributed by atoms with E-state index in [0.717, 1.165) is 6.42 Å². The van der Waals surface area contributed by atoms with Crippen LogP contribution in [0.25, 0.3) is 0 Å². The number of carboxylic acid groups (broad SMARTS) is 1. The third-order valence-electron chi connectivity index (χ3n) is 5.77. The predicted octanol–water partition coefficient (Wildman–Crippen LogP) is 1.40. The Morgan fingerprint density at radius 3 is 2.38 bits per heavy atom. The lowest BCUT2D eigenvalue weighted by atomic mass is 9.77. The number of aliphatic hydroxyl groups excluding tert-OH is 1. The molecule has 3 fully saturated rings. The Hall–Kier alpha value is -2.03. The fourth-order valence-corrected chi connectivity index (χ4v) is 4.47. The number of aliphatic hydroxyl groups is 1. The number of amides is 1. The summed E-state index contributed by atoms with van der Waals surface area (Å²) < 4.78 is 27.9. The van der Waals surface area contributed by atoms with Gasteiger partial charge in [0, 0.05) is 44.2 Å². The van der Waals surface area contributed by atoms with Crippen LogP contribution in [-0.4, -0.2) is 62.2 Å². The number of halogens is 2. The topological polar surface area (TPSA) is 95.7 Å². The minimum Gasteiger partial charge on any atom is -0.483 e. The second-order valence-corrected chi connectivity index (χ2v) is 7.45. The molecule has 1 amide bonds. The molecule has 2 aliphatic carbocycles. The Bertz CT molecular complexity index is 632. The van der Waals surface area contributed by atoms with E-state index in [1.165, 1.54) is 0 Å². The van der Waals surface area contributed by atoms with Crippen LogP contribution in [0, 0.1) is 17.8 Å². The van der Waals surface area contributed by atoms with E-state index in [1.54, 1.807) is 17.4 Å². The number of hydrogen-bond acceptors (Lipinski definition) is 4. The molecular weight excluding hydrogens is 348 g/mol. The van der Waals surface area contributed by atoms with Crippen LogP contribution in [0.5, 0.6) is 0 Å². The molecule has 26 heavy (non-hydrogen) atoms. The molecule has 2 saturated carbocycles. The number of nitrogens with zero attached hydrogens (tertiary/aromatic N) is 3. The Morgan fingerprint density at radius 2 is 1.85 bits per heavy atom. The number of imidazole rings is 1. The molecule has 0 radical (unpaired) electrons. The number of carbonyl (C=O) groups is 2. The standard InChI is InChI=1S/C16H21F2N3O2.CH2O2/c17-16(18)5-12(6-16)15(23)21-7-10-3-13(20-2-1-19-9-20)14(22)4-11(10)8-21;2-1-3/h1-2,9-14,22H,3-8H2;1H,(H,2,3)/t10-,11+,13-,14-;/m1./s1. The SMILES string of the molecule is O=C(C1CC(F)(F)C1)N1C[C@H]2C[C@@H](n3ccnc3)[C@H](O)C[C@H]2C1.O=CO. The molecule has 144 valence electrons. The zero-order chi connectivity index (χ0) is 18.9. The maximum absolute atomic E-state index is 13.0. The molecule has 0 bridgehead atoms. The van der Waals surface area contributed by atoms with Gasteiger partial charge in [0.2, 0.25) is 11.8 Å². The first kappa shape index (κ1) is 18.8. The van der Waals surface area contributed by atoms with Crippen molar-refractivity contribution in [2.45, 2.75) is 43.8 Å². The van der Waals surface area contributed by atoms with Crippen LogP contribution < -0.4 is 0 Å². The Kier molecular flexibility index (Phi) is 5.27. The summed E-state index contributed by atoms with van der Waals surface area (Å²) in [5, 5.41) is 17.3. The normalized spacial score (nSPS) is 32.8. The first-order valence-electron chi connectivity index (χ1n) is 8.74. The van der Waals surface area contributed by atoms with E-state index in [4.69, 9.17) is 9.90 Å². The molecular formula is C17H23F2N3O4. The number of carbonyl (C=O) groups excluding carboxylic acids is 1. The average molecular weight is 371 g/mol. The van der Waals surface area contributed by atoms with Gasteiger partial charge in [-0.05, 0) is 24.7 Å². The highest BCUT2D eigenvalue weighted by Gasteiger charge is 2.52. The molecule has 0 spiro atoms. The first-order chi connectivity index (χ1) is 12.3. The van der Waals surface area contributed by atoms with Gasteiger partial charge < -0.3 is 19.7 Å². The predicted molar refractivity (Wildman–Crippen MR) is 86.4 cm³/mol. The molecule has 1 aromatic heterocycles. The third-order valence-corrected chi connectivity index (χ3v) is 5.77. The number of likely N-dealkylation sites (tertiary alicyclic amines) is 1. The summed E-state index contributed by atoms with van der Waals surface area (Å²) in [4.78, 5) is 26.5. The van der Waals surface area contributed by atoms with E-state index >= 15 is 0 Å². The smallest absolute Gasteiger partial charge is 0.290 e. The van der Waals surface area contributed by atoms with E-state index in [9.17, 15) is 18.7 Å². The molecule has 7 nitrogen and oxygen atoms in total. The fraction of sp³-hybridized carbons (Fsp3) is 0.706. The molecule has 1 saturated heterocycles. The summed E-state index contributed by atoms with van der Waals surface area (Å²) in [7, 11) is 0. The van der Waals surface area contributed by atoms with Crippen molar-refractivity contribution in [1.29, 1.82) is 0 Å². The lowest BCUT2D eigenvalue weighted by Crippen LogP contribution is -2.46. The molecule has 0 unspecified atom stereocenters. The molecule has 9 heteroatoms. The van der Waals surface area contributed by atoms with Gasteiger partial charge in [-0.3, -0.25) is 9.59 Å². The number of rotatable bonds is 2. The minimum atomic E-state index is -2.66. The summed E-state index contributed by atoms with van der Waals surface area (Å²) in [5.74, 6) is -2.70. The minimum absolute atomic E-state index is 0.0122. The van der Waals surface area contributed by atoms with E-state index in [1.807, 2.05) is 10.8 Å². The van der Waals surface area contributed by atoms with Crippen LogP contribution in [0.3, 0.4) is 0 Å². The molecule has 2 heterocycles.